The maximum atomic E-state index is 12.1. The second kappa shape index (κ2) is 5.93. The molecule has 0 radical (unpaired) electrons. The molecule has 1 amide bonds. The van der Waals surface area contributed by atoms with E-state index in [0.717, 1.165) is 15.7 Å². The van der Waals surface area contributed by atoms with Crippen LogP contribution in [0.3, 0.4) is 0 Å². The van der Waals surface area contributed by atoms with Crippen LogP contribution in [-0.4, -0.2) is 16.1 Å². The van der Waals surface area contributed by atoms with Gasteiger partial charge in [0, 0.05) is 16.1 Å². The summed E-state index contributed by atoms with van der Waals surface area (Å²) in [5.74, 6) is 0.315. The van der Waals surface area contributed by atoms with Crippen molar-refractivity contribution in [2.45, 2.75) is 0 Å². The number of benzene rings is 2. The lowest BCUT2D eigenvalue weighted by molar-refractivity contribution is 0.102. The lowest BCUT2D eigenvalue weighted by atomic mass is 10.1. The summed E-state index contributed by atoms with van der Waals surface area (Å²) in [6, 6.07) is 18.8. The average Bonchev–Trinajstić information content (AvgIpc) is 2.97. The maximum Gasteiger partial charge on any atom is 0.256 e. The minimum absolute atomic E-state index is 0.186. The van der Waals surface area contributed by atoms with Gasteiger partial charge in [0.15, 0.2) is 5.82 Å². The van der Waals surface area contributed by atoms with Gasteiger partial charge in [0.2, 0.25) is 0 Å². The molecule has 3 aromatic rings. The normalized spacial score (nSPS) is 10.3. The minimum Gasteiger partial charge on any atom is -0.305 e. The van der Waals surface area contributed by atoms with Crippen LogP contribution in [0, 0.1) is 0 Å². The van der Waals surface area contributed by atoms with Crippen LogP contribution < -0.4 is 5.32 Å². The van der Waals surface area contributed by atoms with E-state index in [4.69, 9.17) is 0 Å². The van der Waals surface area contributed by atoms with Crippen LogP contribution in [0.4, 0.5) is 5.82 Å². The molecule has 0 spiro atoms. The van der Waals surface area contributed by atoms with E-state index >= 15 is 0 Å². The number of H-pyrrole nitrogens is 1. The molecular formula is C16H12BrN3O. The summed E-state index contributed by atoms with van der Waals surface area (Å²) in [5.41, 5.74) is 2.47. The molecule has 0 aliphatic rings. The smallest absolute Gasteiger partial charge is 0.256 e. The Morgan fingerprint density at radius 1 is 1.05 bits per heavy atom. The Morgan fingerprint density at radius 3 is 2.48 bits per heavy atom. The van der Waals surface area contributed by atoms with Gasteiger partial charge in [-0.1, -0.05) is 46.3 Å². The molecule has 0 atom stereocenters. The molecule has 1 aromatic heterocycles. The fraction of sp³-hybridized carbons (Fsp3) is 0. The van der Waals surface area contributed by atoms with Crippen molar-refractivity contribution in [2.75, 3.05) is 5.32 Å². The molecule has 5 heteroatoms. The molecule has 0 saturated carbocycles. The summed E-state index contributed by atoms with van der Waals surface area (Å²) >= 11 is 3.34. The molecule has 21 heavy (non-hydrogen) atoms. The van der Waals surface area contributed by atoms with Crippen molar-refractivity contribution in [2.24, 2.45) is 0 Å². The first kappa shape index (κ1) is 13.6. The van der Waals surface area contributed by atoms with Crippen LogP contribution in [0.1, 0.15) is 10.4 Å². The highest BCUT2D eigenvalue weighted by atomic mass is 79.9. The summed E-state index contributed by atoms with van der Waals surface area (Å²) in [6.07, 6.45) is 0. The Labute approximate surface area is 130 Å². The molecule has 4 nitrogen and oxygen atoms in total. The Balaban J connectivity index is 1.75. The van der Waals surface area contributed by atoms with Crippen LogP contribution in [0.2, 0.25) is 0 Å². The second-order valence-corrected chi connectivity index (χ2v) is 5.41. The summed E-state index contributed by atoms with van der Waals surface area (Å²) in [7, 11) is 0. The molecular weight excluding hydrogens is 330 g/mol. The van der Waals surface area contributed by atoms with E-state index in [0.29, 0.717) is 11.4 Å². The Bertz CT molecular complexity index is 751. The van der Waals surface area contributed by atoms with Gasteiger partial charge >= 0.3 is 0 Å². The summed E-state index contributed by atoms with van der Waals surface area (Å²) in [6.45, 7) is 0. The van der Waals surface area contributed by atoms with Crippen LogP contribution in [0.5, 0.6) is 0 Å². The summed E-state index contributed by atoms with van der Waals surface area (Å²) < 4.78 is 0.935. The van der Waals surface area contributed by atoms with Crippen molar-refractivity contribution >= 4 is 27.7 Å². The van der Waals surface area contributed by atoms with E-state index in [1.165, 1.54) is 0 Å². The van der Waals surface area contributed by atoms with Crippen molar-refractivity contribution in [3.63, 3.8) is 0 Å². The van der Waals surface area contributed by atoms with Gasteiger partial charge in [-0.25, -0.2) is 0 Å². The molecule has 104 valence electrons. The lowest BCUT2D eigenvalue weighted by Gasteiger charge is -2.01. The predicted octanol–water partition coefficient (Wildman–Crippen LogP) is 4.09. The summed E-state index contributed by atoms with van der Waals surface area (Å²) in [4.78, 5) is 12.1. The third-order valence-electron chi connectivity index (χ3n) is 3.01. The van der Waals surface area contributed by atoms with Gasteiger partial charge in [-0.3, -0.25) is 9.89 Å². The zero-order valence-corrected chi connectivity index (χ0v) is 12.6. The number of aromatic amines is 1. The molecule has 0 fully saturated rings. The van der Waals surface area contributed by atoms with Crippen LogP contribution in [0.25, 0.3) is 11.3 Å². The maximum absolute atomic E-state index is 12.1. The second-order valence-electron chi connectivity index (χ2n) is 4.49. The molecule has 2 N–H and O–H groups in total. The average molecular weight is 342 g/mol. The summed E-state index contributed by atoms with van der Waals surface area (Å²) in [5, 5.41) is 9.80. The van der Waals surface area contributed by atoms with E-state index in [1.54, 1.807) is 12.1 Å². The quantitative estimate of drug-likeness (QED) is 0.753. The predicted molar refractivity (Wildman–Crippen MR) is 86.1 cm³/mol. The number of halogens is 1. The molecule has 0 unspecified atom stereocenters. The minimum atomic E-state index is -0.186. The monoisotopic (exact) mass is 341 g/mol. The van der Waals surface area contributed by atoms with Gasteiger partial charge in [0.1, 0.15) is 0 Å². The number of nitrogens with one attached hydrogen (secondary N) is 2. The zero-order chi connectivity index (χ0) is 14.7. The van der Waals surface area contributed by atoms with Crippen molar-refractivity contribution in [1.29, 1.82) is 0 Å². The molecule has 1 heterocycles. The third kappa shape index (κ3) is 3.20. The van der Waals surface area contributed by atoms with Gasteiger partial charge in [0.05, 0.1) is 5.69 Å². The van der Waals surface area contributed by atoms with Crippen molar-refractivity contribution in [1.82, 2.24) is 10.2 Å². The van der Waals surface area contributed by atoms with Gasteiger partial charge in [-0.2, -0.15) is 5.10 Å². The molecule has 0 bridgehead atoms. The van der Waals surface area contributed by atoms with Crippen LogP contribution in [0.15, 0.2) is 65.1 Å². The number of hydrogen-bond donors (Lipinski definition) is 2. The number of carbonyl (C=O) groups excluding carboxylic acids is 1. The number of rotatable bonds is 3. The Morgan fingerprint density at radius 2 is 1.76 bits per heavy atom. The molecule has 3 rings (SSSR count). The topological polar surface area (TPSA) is 57.8 Å². The molecule has 2 aromatic carbocycles. The first-order chi connectivity index (χ1) is 10.2. The Hall–Kier alpha value is -2.40. The highest BCUT2D eigenvalue weighted by Crippen LogP contribution is 2.19. The largest absolute Gasteiger partial charge is 0.305 e. The van der Waals surface area contributed by atoms with E-state index in [2.05, 4.69) is 31.4 Å². The SMILES string of the molecule is O=C(Nc1cc(-c2ccccc2)[nH]n1)c1ccc(Br)cc1. The number of amides is 1. The standard InChI is InChI=1S/C16H12BrN3O/c17-13-8-6-12(7-9-13)16(21)18-15-10-14(19-20-15)11-4-2-1-3-5-11/h1-10H,(H2,18,19,20,21). The highest BCUT2D eigenvalue weighted by Gasteiger charge is 2.09. The number of nitrogens with zero attached hydrogens (tertiary/aromatic N) is 1. The van der Waals surface area contributed by atoms with E-state index in [-0.39, 0.29) is 5.91 Å². The number of aromatic nitrogens is 2. The third-order valence-corrected chi connectivity index (χ3v) is 3.54. The molecule has 0 aliphatic carbocycles. The first-order valence-electron chi connectivity index (χ1n) is 6.40. The van der Waals surface area contributed by atoms with Crippen molar-refractivity contribution < 1.29 is 4.79 Å². The van der Waals surface area contributed by atoms with Gasteiger partial charge in [-0.05, 0) is 29.8 Å². The first-order valence-corrected chi connectivity index (χ1v) is 7.19. The van der Waals surface area contributed by atoms with Gasteiger partial charge in [0.25, 0.3) is 5.91 Å². The van der Waals surface area contributed by atoms with E-state index in [9.17, 15) is 4.79 Å². The lowest BCUT2D eigenvalue weighted by Crippen LogP contribution is -2.11. The number of anilines is 1. The van der Waals surface area contributed by atoms with Gasteiger partial charge in [-0.15, -0.1) is 0 Å². The van der Waals surface area contributed by atoms with Crippen molar-refractivity contribution in [3.8, 4) is 11.3 Å². The molecule has 0 saturated heterocycles. The van der Waals surface area contributed by atoms with E-state index in [1.807, 2.05) is 48.5 Å². The highest BCUT2D eigenvalue weighted by molar-refractivity contribution is 9.10. The fourth-order valence-corrected chi connectivity index (χ4v) is 2.21. The van der Waals surface area contributed by atoms with Crippen LogP contribution >= 0.6 is 15.9 Å². The Kier molecular flexibility index (Phi) is 3.83. The van der Waals surface area contributed by atoms with E-state index < -0.39 is 0 Å². The zero-order valence-electron chi connectivity index (χ0n) is 11.0. The van der Waals surface area contributed by atoms with Gasteiger partial charge < -0.3 is 5.32 Å². The molecule has 0 aliphatic heterocycles. The van der Waals surface area contributed by atoms with Crippen molar-refractivity contribution in [3.05, 3.63) is 70.7 Å². The number of hydrogen-bond acceptors (Lipinski definition) is 2. The fourth-order valence-electron chi connectivity index (χ4n) is 1.94. The van der Waals surface area contributed by atoms with Crippen LogP contribution in [-0.2, 0) is 0 Å². The number of carbonyl (C=O) groups is 1.